The lowest BCUT2D eigenvalue weighted by Gasteiger charge is -2.22. The third-order valence-electron chi connectivity index (χ3n) is 3.15. The van der Waals surface area contributed by atoms with Gasteiger partial charge in [-0.05, 0) is 23.6 Å². The Morgan fingerprint density at radius 2 is 2.19 bits per heavy atom. The van der Waals surface area contributed by atoms with Gasteiger partial charge in [-0.25, -0.2) is 18.2 Å². The molecule has 0 amide bonds. The first kappa shape index (κ1) is 14.5. The molecular weight excluding hydrogens is 334 g/mol. The maximum absolute atomic E-state index is 12.1. The number of nitrogens with zero attached hydrogens (tertiary/aromatic N) is 1. The van der Waals surface area contributed by atoms with E-state index >= 15 is 0 Å². The molecule has 0 aromatic carbocycles. The second-order valence-corrected chi connectivity index (χ2v) is 8.14. The maximum Gasteiger partial charge on any atom is 0.340 e. The van der Waals surface area contributed by atoms with Gasteiger partial charge in [0.15, 0.2) is 9.84 Å². The molecule has 1 atom stereocenters. The topological polar surface area (TPSA) is 73.3 Å². The monoisotopic (exact) mass is 343 g/mol. The molecule has 5 nitrogen and oxygen atoms in total. The van der Waals surface area contributed by atoms with E-state index in [1.165, 1.54) is 18.3 Å². The standard InChI is InChI=1S/C13H10ClNO4S2/c14-11-2-1-8(7-15-11)12(16)19-10-4-6-21(17,18)13-9(10)3-5-20-13/h1-3,5,7,10H,4,6H2/t10-/m0/s1. The Balaban J connectivity index is 1.84. The number of thiophene rings is 1. The van der Waals surface area contributed by atoms with Gasteiger partial charge in [0.25, 0.3) is 0 Å². The van der Waals surface area contributed by atoms with Crippen molar-refractivity contribution in [2.75, 3.05) is 5.75 Å². The number of halogens is 1. The zero-order valence-electron chi connectivity index (χ0n) is 10.7. The van der Waals surface area contributed by atoms with E-state index < -0.39 is 21.9 Å². The molecule has 2 aromatic heterocycles. The fourth-order valence-corrected chi connectivity index (χ4v) is 5.18. The Hall–Kier alpha value is -1.44. The second kappa shape index (κ2) is 5.40. The summed E-state index contributed by atoms with van der Waals surface area (Å²) in [6, 6.07) is 4.71. The van der Waals surface area contributed by atoms with Gasteiger partial charge >= 0.3 is 5.97 Å². The van der Waals surface area contributed by atoms with Crippen molar-refractivity contribution in [2.24, 2.45) is 0 Å². The molecule has 0 unspecified atom stereocenters. The highest BCUT2D eigenvalue weighted by Crippen LogP contribution is 2.38. The summed E-state index contributed by atoms with van der Waals surface area (Å²) in [4.78, 5) is 15.9. The van der Waals surface area contributed by atoms with Crippen molar-refractivity contribution in [3.63, 3.8) is 0 Å². The molecule has 1 aliphatic rings. The lowest BCUT2D eigenvalue weighted by atomic mass is 10.1. The summed E-state index contributed by atoms with van der Waals surface area (Å²) < 4.78 is 29.5. The van der Waals surface area contributed by atoms with E-state index in [0.29, 0.717) is 9.77 Å². The van der Waals surface area contributed by atoms with Crippen LogP contribution in [0.15, 0.2) is 34.0 Å². The van der Waals surface area contributed by atoms with Gasteiger partial charge in [-0.2, -0.15) is 0 Å². The van der Waals surface area contributed by atoms with Gasteiger partial charge < -0.3 is 4.74 Å². The predicted octanol–water partition coefficient (Wildman–Crippen LogP) is 2.87. The Morgan fingerprint density at radius 1 is 1.38 bits per heavy atom. The number of pyridine rings is 1. The highest BCUT2D eigenvalue weighted by molar-refractivity contribution is 7.93. The zero-order chi connectivity index (χ0) is 15.0. The van der Waals surface area contributed by atoms with Gasteiger partial charge in [0, 0.05) is 18.2 Å². The van der Waals surface area contributed by atoms with Gasteiger partial charge in [0.1, 0.15) is 15.5 Å². The molecule has 3 rings (SSSR count). The minimum Gasteiger partial charge on any atom is -0.454 e. The number of carbonyl (C=O) groups is 1. The average molecular weight is 344 g/mol. The summed E-state index contributed by atoms with van der Waals surface area (Å²) in [7, 11) is -3.24. The number of sulfone groups is 1. The highest BCUT2D eigenvalue weighted by atomic mass is 35.5. The fraction of sp³-hybridized carbons (Fsp3) is 0.231. The largest absolute Gasteiger partial charge is 0.454 e. The van der Waals surface area contributed by atoms with Crippen LogP contribution in [0.1, 0.15) is 28.4 Å². The van der Waals surface area contributed by atoms with Crippen LogP contribution in [0.25, 0.3) is 0 Å². The summed E-state index contributed by atoms with van der Waals surface area (Å²) in [5.41, 5.74) is 0.839. The van der Waals surface area contributed by atoms with E-state index in [4.69, 9.17) is 16.3 Å². The molecule has 2 aromatic rings. The van der Waals surface area contributed by atoms with Crippen LogP contribution >= 0.6 is 22.9 Å². The van der Waals surface area contributed by atoms with Crippen LogP contribution < -0.4 is 0 Å². The first-order valence-corrected chi connectivity index (χ1v) is 9.01. The zero-order valence-corrected chi connectivity index (χ0v) is 13.0. The quantitative estimate of drug-likeness (QED) is 0.619. The molecule has 0 bridgehead atoms. The van der Waals surface area contributed by atoms with Crippen LogP contribution in [0.4, 0.5) is 0 Å². The summed E-state index contributed by atoms with van der Waals surface area (Å²) in [6.45, 7) is 0. The van der Waals surface area contributed by atoms with Crippen LogP contribution in [-0.2, 0) is 14.6 Å². The van der Waals surface area contributed by atoms with Crippen molar-refractivity contribution in [1.82, 2.24) is 4.98 Å². The predicted molar refractivity (Wildman–Crippen MR) is 78.4 cm³/mol. The lowest BCUT2D eigenvalue weighted by molar-refractivity contribution is 0.0279. The summed E-state index contributed by atoms with van der Waals surface area (Å²) in [5, 5.41) is 1.98. The number of hydrogen-bond acceptors (Lipinski definition) is 6. The maximum atomic E-state index is 12.1. The molecular formula is C13H10ClNO4S2. The molecule has 0 N–H and O–H groups in total. The number of carbonyl (C=O) groups excluding carboxylic acids is 1. The van der Waals surface area contributed by atoms with Crippen LogP contribution in [0.3, 0.4) is 0 Å². The number of fused-ring (bicyclic) bond motifs is 1. The normalized spacial score (nSPS) is 19.8. The molecule has 21 heavy (non-hydrogen) atoms. The lowest BCUT2D eigenvalue weighted by Crippen LogP contribution is -2.22. The number of esters is 1. The molecule has 0 saturated heterocycles. The molecule has 0 fully saturated rings. The number of ether oxygens (including phenoxy) is 1. The molecule has 3 heterocycles. The molecule has 0 radical (unpaired) electrons. The molecule has 8 heteroatoms. The van der Waals surface area contributed by atoms with Crippen molar-refractivity contribution >= 4 is 38.7 Å². The minimum absolute atomic E-state index is 0.0165. The molecule has 0 saturated carbocycles. The van der Waals surface area contributed by atoms with Crippen LogP contribution in [0, 0.1) is 0 Å². The fourth-order valence-electron chi connectivity index (χ4n) is 2.12. The van der Waals surface area contributed by atoms with E-state index in [0.717, 1.165) is 11.3 Å². The Kier molecular flexibility index (Phi) is 3.73. The van der Waals surface area contributed by atoms with Gasteiger partial charge in [-0.3, -0.25) is 0 Å². The molecule has 1 aliphatic heterocycles. The molecule has 0 spiro atoms. The van der Waals surface area contributed by atoms with Crippen molar-refractivity contribution in [2.45, 2.75) is 16.7 Å². The van der Waals surface area contributed by atoms with Crippen molar-refractivity contribution in [1.29, 1.82) is 0 Å². The van der Waals surface area contributed by atoms with Crippen molar-refractivity contribution in [3.05, 3.63) is 46.1 Å². The summed E-state index contributed by atoms with van der Waals surface area (Å²) in [5.74, 6) is -0.558. The molecule has 110 valence electrons. The van der Waals surface area contributed by atoms with Crippen molar-refractivity contribution < 1.29 is 17.9 Å². The number of aromatic nitrogens is 1. The van der Waals surface area contributed by atoms with Gasteiger partial charge in [-0.15, -0.1) is 11.3 Å². The van der Waals surface area contributed by atoms with E-state index in [1.807, 2.05) is 0 Å². The van der Waals surface area contributed by atoms with Crippen LogP contribution in [0.5, 0.6) is 0 Å². The highest BCUT2D eigenvalue weighted by Gasteiger charge is 2.33. The average Bonchev–Trinajstić information content (AvgIpc) is 2.94. The Bertz CT molecular complexity index is 783. The molecule has 0 aliphatic carbocycles. The first-order valence-electron chi connectivity index (χ1n) is 6.10. The Morgan fingerprint density at radius 3 is 2.90 bits per heavy atom. The third-order valence-corrected chi connectivity index (χ3v) is 6.72. The third kappa shape index (κ3) is 2.81. The van der Waals surface area contributed by atoms with E-state index in [1.54, 1.807) is 11.4 Å². The second-order valence-electron chi connectivity index (χ2n) is 4.53. The van der Waals surface area contributed by atoms with Gasteiger partial charge in [0.05, 0.1) is 11.3 Å². The van der Waals surface area contributed by atoms with Gasteiger partial charge in [0.2, 0.25) is 0 Å². The Labute approximate surface area is 130 Å². The van der Waals surface area contributed by atoms with E-state index in [2.05, 4.69) is 4.98 Å². The van der Waals surface area contributed by atoms with Crippen LogP contribution in [0.2, 0.25) is 5.15 Å². The number of hydrogen-bond donors (Lipinski definition) is 0. The SMILES string of the molecule is O=C(O[C@H]1CCS(=O)(=O)c2sccc21)c1ccc(Cl)nc1. The smallest absolute Gasteiger partial charge is 0.340 e. The van der Waals surface area contributed by atoms with E-state index in [9.17, 15) is 13.2 Å². The van der Waals surface area contributed by atoms with Crippen LogP contribution in [-0.4, -0.2) is 25.1 Å². The summed E-state index contributed by atoms with van der Waals surface area (Å²) in [6.07, 6.45) is 1.05. The van der Waals surface area contributed by atoms with Crippen molar-refractivity contribution in [3.8, 4) is 0 Å². The first-order chi connectivity index (χ1) is 9.97. The van der Waals surface area contributed by atoms with E-state index in [-0.39, 0.29) is 22.9 Å². The van der Waals surface area contributed by atoms with Gasteiger partial charge in [-0.1, -0.05) is 11.6 Å². The number of rotatable bonds is 2. The summed E-state index contributed by atoms with van der Waals surface area (Å²) >= 11 is 6.82. The minimum atomic E-state index is -3.24.